The summed E-state index contributed by atoms with van der Waals surface area (Å²) in [4.78, 5) is 25.2. The highest BCUT2D eigenvalue weighted by molar-refractivity contribution is 5.93. The Balaban J connectivity index is 2.01. The Morgan fingerprint density at radius 3 is 2.31 bits per heavy atom. The van der Waals surface area contributed by atoms with Crippen molar-refractivity contribution in [1.82, 2.24) is 4.90 Å². The lowest BCUT2D eigenvalue weighted by Gasteiger charge is -2.18. The minimum Gasteiger partial charge on any atom is -0.366 e. The number of carbonyl (C=O) groups excluding carboxylic acids is 2. The summed E-state index contributed by atoms with van der Waals surface area (Å²) >= 11 is 0. The van der Waals surface area contributed by atoms with Crippen LogP contribution in [0.4, 0.5) is 0 Å². The van der Waals surface area contributed by atoms with Crippen molar-refractivity contribution < 1.29 is 9.59 Å². The molecule has 0 fully saturated rings. The van der Waals surface area contributed by atoms with Crippen LogP contribution in [0.25, 0.3) is 6.08 Å². The summed E-state index contributed by atoms with van der Waals surface area (Å²) in [5.74, 6) is -0.575. The SMILES string of the molecule is CN(Cc1cccc(C(N)=O)c1)C(=O)/C=C/c1ccc(C(C)(C)C)cc1. The van der Waals surface area contributed by atoms with E-state index < -0.39 is 5.91 Å². The summed E-state index contributed by atoms with van der Waals surface area (Å²) in [6.07, 6.45) is 3.37. The van der Waals surface area contributed by atoms with Crippen molar-refractivity contribution in [2.45, 2.75) is 32.7 Å². The number of hydrogen-bond acceptors (Lipinski definition) is 2. The molecule has 0 aliphatic rings. The van der Waals surface area contributed by atoms with Crippen LogP contribution in [0.3, 0.4) is 0 Å². The van der Waals surface area contributed by atoms with Crippen molar-refractivity contribution in [2.24, 2.45) is 5.73 Å². The van der Waals surface area contributed by atoms with Gasteiger partial charge in [-0.15, -0.1) is 0 Å². The Bertz CT molecular complexity index is 815. The second-order valence-electron chi connectivity index (χ2n) is 7.46. The van der Waals surface area contributed by atoms with E-state index in [1.807, 2.05) is 24.3 Å². The molecule has 2 rings (SSSR count). The van der Waals surface area contributed by atoms with Crippen molar-refractivity contribution >= 4 is 17.9 Å². The minimum atomic E-state index is -0.473. The molecule has 0 heterocycles. The lowest BCUT2D eigenvalue weighted by molar-refractivity contribution is -0.125. The Kier molecular flexibility index (Phi) is 5.98. The first-order chi connectivity index (χ1) is 12.2. The molecule has 26 heavy (non-hydrogen) atoms. The maximum absolute atomic E-state index is 12.3. The van der Waals surface area contributed by atoms with E-state index in [0.717, 1.165) is 11.1 Å². The number of amides is 2. The molecule has 136 valence electrons. The Morgan fingerprint density at radius 2 is 1.73 bits per heavy atom. The maximum atomic E-state index is 12.3. The van der Waals surface area contributed by atoms with Gasteiger partial charge in [-0.2, -0.15) is 0 Å². The number of carbonyl (C=O) groups is 2. The van der Waals surface area contributed by atoms with Crippen LogP contribution in [0.1, 0.15) is 47.8 Å². The molecule has 2 aromatic rings. The number of hydrogen-bond donors (Lipinski definition) is 1. The number of benzene rings is 2. The van der Waals surface area contributed by atoms with Gasteiger partial charge in [-0.1, -0.05) is 57.2 Å². The minimum absolute atomic E-state index is 0.102. The highest BCUT2D eigenvalue weighted by Crippen LogP contribution is 2.22. The summed E-state index contributed by atoms with van der Waals surface area (Å²) < 4.78 is 0. The molecule has 2 amide bonds. The first kappa shape index (κ1) is 19.4. The summed E-state index contributed by atoms with van der Waals surface area (Å²) in [6.45, 7) is 6.92. The van der Waals surface area contributed by atoms with E-state index in [1.165, 1.54) is 5.56 Å². The number of nitrogens with two attached hydrogens (primary N) is 1. The summed E-state index contributed by atoms with van der Waals surface area (Å²) in [5.41, 5.74) is 8.94. The van der Waals surface area contributed by atoms with E-state index in [0.29, 0.717) is 12.1 Å². The zero-order valence-electron chi connectivity index (χ0n) is 15.8. The lowest BCUT2D eigenvalue weighted by atomic mass is 9.87. The fourth-order valence-corrected chi connectivity index (χ4v) is 2.56. The second-order valence-corrected chi connectivity index (χ2v) is 7.46. The van der Waals surface area contributed by atoms with E-state index in [1.54, 1.807) is 36.2 Å². The average molecular weight is 350 g/mol. The zero-order valence-corrected chi connectivity index (χ0v) is 15.8. The Morgan fingerprint density at radius 1 is 1.08 bits per heavy atom. The molecule has 4 nitrogen and oxygen atoms in total. The molecule has 0 unspecified atom stereocenters. The van der Waals surface area contributed by atoms with Crippen LogP contribution >= 0.6 is 0 Å². The van der Waals surface area contributed by atoms with Gasteiger partial charge in [0.1, 0.15) is 0 Å². The van der Waals surface area contributed by atoms with Crippen LogP contribution in [-0.4, -0.2) is 23.8 Å². The van der Waals surface area contributed by atoms with Gasteiger partial charge in [0.2, 0.25) is 11.8 Å². The number of primary amides is 1. The highest BCUT2D eigenvalue weighted by atomic mass is 16.2. The lowest BCUT2D eigenvalue weighted by Crippen LogP contribution is -2.24. The van der Waals surface area contributed by atoms with Crippen LogP contribution in [0, 0.1) is 0 Å². The van der Waals surface area contributed by atoms with E-state index >= 15 is 0 Å². The van der Waals surface area contributed by atoms with Crippen LogP contribution in [-0.2, 0) is 16.8 Å². The third kappa shape index (κ3) is 5.31. The molecular weight excluding hydrogens is 324 g/mol. The summed E-state index contributed by atoms with van der Waals surface area (Å²) in [5, 5.41) is 0. The molecule has 0 aromatic heterocycles. The van der Waals surface area contributed by atoms with Gasteiger partial charge in [-0.25, -0.2) is 0 Å². The predicted molar refractivity (Wildman–Crippen MR) is 106 cm³/mol. The van der Waals surface area contributed by atoms with Gasteiger partial charge in [0, 0.05) is 25.2 Å². The zero-order chi connectivity index (χ0) is 19.3. The molecule has 0 bridgehead atoms. The quantitative estimate of drug-likeness (QED) is 0.835. The molecule has 4 heteroatoms. The first-order valence-electron chi connectivity index (χ1n) is 8.59. The fraction of sp³-hybridized carbons (Fsp3) is 0.273. The van der Waals surface area contributed by atoms with Crippen LogP contribution in [0.15, 0.2) is 54.6 Å². The largest absolute Gasteiger partial charge is 0.366 e. The number of nitrogens with zero attached hydrogens (tertiary/aromatic N) is 1. The van der Waals surface area contributed by atoms with Gasteiger partial charge in [0.05, 0.1) is 0 Å². The van der Waals surface area contributed by atoms with Gasteiger partial charge in [-0.05, 0) is 40.3 Å². The van der Waals surface area contributed by atoms with E-state index in [9.17, 15) is 9.59 Å². The van der Waals surface area contributed by atoms with Gasteiger partial charge in [-0.3, -0.25) is 9.59 Å². The molecule has 0 aliphatic heterocycles. The van der Waals surface area contributed by atoms with Crippen LogP contribution < -0.4 is 5.73 Å². The van der Waals surface area contributed by atoms with Gasteiger partial charge >= 0.3 is 0 Å². The van der Waals surface area contributed by atoms with E-state index in [4.69, 9.17) is 5.73 Å². The smallest absolute Gasteiger partial charge is 0.248 e. The van der Waals surface area contributed by atoms with Crippen LogP contribution in [0.5, 0.6) is 0 Å². The van der Waals surface area contributed by atoms with Crippen LogP contribution in [0.2, 0.25) is 0 Å². The van der Waals surface area contributed by atoms with Crippen molar-refractivity contribution in [2.75, 3.05) is 7.05 Å². The van der Waals surface area contributed by atoms with Crippen molar-refractivity contribution in [1.29, 1.82) is 0 Å². The molecular formula is C22H26N2O2. The summed E-state index contributed by atoms with van der Waals surface area (Å²) in [7, 11) is 1.73. The van der Waals surface area contributed by atoms with Gasteiger partial charge in [0.25, 0.3) is 0 Å². The van der Waals surface area contributed by atoms with E-state index in [-0.39, 0.29) is 11.3 Å². The molecule has 2 N–H and O–H groups in total. The van der Waals surface area contributed by atoms with Gasteiger partial charge in [0.15, 0.2) is 0 Å². The van der Waals surface area contributed by atoms with Crippen molar-refractivity contribution in [3.63, 3.8) is 0 Å². The normalized spacial score (nSPS) is 11.5. The highest BCUT2D eigenvalue weighted by Gasteiger charge is 2.12. The first-order valence-corrected chi connectivity index (χ1v) is 8.59. The number of likely N-dealkylation sites (N-methyl/N-ethyl adjacent to an activating group) is 1. The monoisotopic (exact) mass is 350 g/mol. The fourth-order valence-electron chi connectivity index (χ4n) is 2.56. The third-order valence-electron chi connectivity index (χ3n) is 4.20. The van der Waals surface area contributed by atoms with Crippen molar-refractivity contribution in [3.8, 4) is 0 Å². The Labute approximate surface area is 155 Å². The maximum Gasteiger partial charge on any atom is 0.248 e. The summed E-state index contributed by atoms with van der Waals surface area (Å²) in [6, 6.07) is 15.2. The number of rotatable bonds is 5. The average Bonchev–Trinajstić information content (AvgIpc) is 2.59. The molecule has 0 saturated heterocycles. The van der Waals surface area contributed by atoms with Crippen molar-refractivity contribution in [3.05, 3.63) is 76.9 Å². The molecule has 0 atom stereocenters. The topological polar surface area (TPSA) is 63.4 Å². The van der Waals surface area contributed by atoms with Gasteiger partial charge < -0.3 is 10.6 Å². The molecule has 0 spiro atoms. The Hall–Kier alpha value is -2.88. The van der Waals surface area contributed by atoms with E-state index in [2.05, 4.69) is 32.9 Å². The third-order valence-corrected chi connectivity index (χ3v) is 4.20. The predicted octanol–water partition coefficient (Wildman–Crippen LogP) is 3.75. The molecule has 0 aliphatic carbocycles. The molecule has 2 aromatic carbocycles. The molecule has 0 radical (unpaired) electrons. The molecule has 0 saturated carbocycles. The standard InChI is InChI=1S/C22H26N2O2/c1-22(2,3)19-11-8-16(9-12-19)10-13-20(25)24(4)15-17-6-5-7-18(14-17)21(23)26/h5-14H,15H2,1-4H3,(H2,23,26)/b13-10+. The second kappa shape index (κ2) is 8.00.